The summed E-state index contributed by atoms with van der Waals surface area (Å²) in [5.74, 6) is -0.311. The molecular formula is C13H19FN2O. The van der Waals surface area contributed by atoms with E-state index in [2.05, 4.69) is 24.1 Å². The van der Waals surface area contributed by atoms with Crippen molar-refractivity contribution in [2.75, 3.05) is 6.61 Å². The van der Waals surface area contributed by atoms with Crippen molar-refractivity contribution >= 4 is 0 Å². The molecule has 0 radical (unpaired) electrons. The van der Waals surface area contributed by atoms with Crippen molar-refractivity contribution in [1.29, 1.82) is 0 Å². The molecule has 0 aliphatic carbocycles. The monoisotopic (exact) mass is 238 g/mol. The molecule has 1 N–H and O–H groups in total. The van der Waals surface area contributed by atoms with E-state index < -0.39 is 0 Å². The van der Waals surface area contributed by atoms with Gasteiger partial charge in [-0.15, -0.1) is 0 Å². The number of aromatic nitrogens is 1. The van der Waals surface area contributed by atoms with Crippen LogP contribution in [0.1, 0.15) is 38.5 Å². The van der Waals surface area contributed by atoms with Gasteiger partial charge in [-0.2, -0.15) is 0 Å². The molecule has 0 bridgehead atoms. The molecule has 3 atom stereocenters. The Hall–Kier alpha value is -1.00. The standard InChI is InChI=1S/C13H19FN2O/c1-3-11-6-7-17-13(9(2)16-11)12-5-4-10(14)8-15-12/h4-5,8-9,11,13,16H,3,6-7H2,1-2H3. The topological polar surface area (TPSA) is 34.1 Å². The molecule has 17 heavy (non-hydrogen) atoms. The minimum atomic E-state index is -0.311. The third-order valence-corrected chi connectivity index (χ3v) is 3.25. The predicted molar refractivity (Wildman–Crippen MR) is 64.2 cm³/mol. The molecule has 2 heterocycles. The smallest absolute Gasteiger partial charge is 0.141 e. The average molecular weight is 238 g/mol. The fraction of sp³-hybridized carbons (Fsp3) is 0.615. The van der Waals surface area contributed by atoms with Crippen LogP contribution in [0, 0.1) is 5.82 Å². The number of halogens is 1. The summed E-state index contributed by atoms with van der Waals surface area (Å²) in [6.45, 7) is 4.98. The summed E-state index contributed by atoms with van der Waals surface area (Å²) in [7, 11) is 0. The number of nitrogens with zero attached hydrogens (tertiary/aromatic N) is 1. The van der Waals surface area contributed by atoms with E-state index in [-0.39, 0.29) is 18.0 Å². The Kier molecular flexibility index (Phi) is 4.07. The first-order chi connectivity index (χ1) is 8.20. The van der Waals surface area contributed by atoms with E-state index in [9.17, 15) is 4.39 Å². The molecule has 1 aliphatic rings. The van der Waals surface area contributed by atoms with Crippen LogP contribution in [0.25, 0.3) is 0 Å². The summed E-state index contributed by atoms with van der Waals surface area (Å²) >= 11 is 0. The molecule has 3 nitrogen and oxygen atoms in total. The lowest BCUT2D eigenvalue weighted by Crippen LogP contribution is -2.38. The molecule has 0 amide bonds. The SMILES string of the molecule is CCC1CCOC(c2ccc(F)cn2)C(C)N1. The molecule has 4 heteroatoms. The van der Waals surface area contributed by atoms with Crippen molar-refractivity contribution in [3.63, 3.8) is 0 Å². The molecule has 1 fully saturated rings. The highest BCUT2D eigenvalue weighted by Crippen LogP contribution is 2.23. The molecule has 1 aliphatic heterocycles. The molecule has 1 saturated heterocycles. The molecule has 1 aromatic rings. The summed E-state index contributed by atoms with van der Waals surface area (Å²) < 4.78 is 18.7. The molecular weight excluding hydrogens is 219 g/mol. The Balaban J connectivity index is 2.12. The lowest BCUT2D eigenvalue weighted by molar-refractivity contribution is 0.0431. The highest BCUT2D eigenvalue weighted by molar-refractivity contribution is 5.10. The van der Waals surface area contributed by atoms with Gasteiger partial charge in [-0.25, -0.2) is 4.39 Å². The summed E-state index contributed by atoms with van der Waals surface area (Å²) in [5, 5.41) is 3.53. The van der Waals surface area contributed by atoms with Crippen molar-refractivity contribution in [2.45, 2.75) is 44.9 Å². The van der Waals surface area contributed by atoms with Crippen LogP contribution in [0.2, 0.25) is 0 Å². The van der Waals surface area contributed by atoms with E-state index in [4.69, 9.17) is 4.74 Å². The second-order valence-electron chi connectivity index (χ2n) is 4.54. The summed E-state index contributed by atoms with van der Waals surface area (Å²) in [5.41, 5.74) is 0.795. The molecule has 0 saturated carbocycles. The van der Waals surface area contributed by atoms with E-state index in [1.54, 1.807) is 6.07 Å². The minimum Gasteiger partial charge on any atom is -0.370 e. The normalized spacial score (nSPS) is 29.9. The number of hydrogen-bond donors (Lipinski definition) is 1. The van der Waals surface area contributed by atoms with Crippen molar-refractivity contribution in [3.8, 4) is 0 Å². The maximum atomic E-state index is 12.8. The van der Waals surface area contributed by atoms with Gasteiger partial charge in [0.25, 0.3) is 0 Å². The van der Waals surface area contributed by atoms with Crippen LogP contribution in [0.15, 0.2) is 18.3 Å². The van der Waals surface area contributed by atoms with E-state index in [0.717, 1.165) is 25.1 Å². The van der Waals surface area contributed by atoms with Gasteiger partial charge in [-0.05, 0) is 31.9 Å². The number of hydrogen-bond acceptors (Lipinski definition) is 3. The predicted octanol–water partition coefficient (Wildman–Crippen LogP) is 2.44. The minimum absolute atomic E-state index is 0.0906. The Morgan fingerprint density at radius 1 is 1.53 bits per heavy atom. The zero-order valence-corrected chi connectivity index (χ0v) is 10.3. The second-order valence-corrected chi connectivity index (χ2v) is 4.54. The van der Waals surface area contributed by atoms with Crippen molar-refractivity contribution in [3.05, 3.63) is 29.8 Å². The summed E-state index contributed by atoms with van der Waals surface area (Å²) in [6, 6.07) is 3.82. The number of pyridine rings is 1. The van der Waals surface area contributed by atoms with Crippen LogP contribution in [0.5, 0.6) is 0 Å². The van der Waals surface area contributed by atoms with E-state index in [1.807, 2.05) is 0 Å². The van der Waals surface area contributed by atoms with Crippen molar-refractivity contribution in [2.24, 2.45) is 0 Å². The number of rotatable bonds is 2. The van der Waals surface area contributed by atoms with Gasteiger partial charge in [0.15, 0.2) is 0 Å². The lowest BCUT2D eigenvalue weighted by Gasteiger charge is -2.23. The molecule has 1 aromatic heterocycles. The van der Waals surface area contributed by atoms with Gasteiger partial charge >= 0.3 is 0 Å². The van der Waals surface area contributed by atoms with Crippen LogP contribution in [0.4, 0.5) is 4.39 Å². The van der Waals surface area contributed by atoms with Gasteiger partial charge in [0.1, 0.15) is 11.9 Å². The van der Waals surface area contributed by atoms with Gasteiger partial charge in [-0.3, -0.25) is 4.98 Å². The van der Waals surface area contributed by atoms with Gasteiger partial charge in [-0.1, -0.05) is 6.92 Å². The van der Waals surface area contributed by atoms with E-state index >= 15 is 0 Å². The zero-order valence-electron chi connectivity index (χ0n) is 10.3. The fourth-order valence-corrected chi connectivity index (χ4v) is 2.24. The molecule has 3 unspecified atom stereocenters. The van der Waals surface area contributed by atoms with Crippen molar-refractivity contribution in [1.82, 2.24) is 10.3 Å². The van der Waals surface area contributed by atoms with Gasteiger partial charge in [0, 0.05) is 18.7 Å². The Labute approximate surface area is 101 Å². The Morgan fingerprint density at radius 2 is 2.35 bits per heavy atom. The number of ether oxygens (including phenoxy) is 1. The quantitative estimate of drug-likeness (QED) is 0.859. The maximum absolute atomic E-state index is 12.8. The zero-order chi connectivity index (χ0) is 12.3. The van der Waals surface area contributed by atoms with E-state index in [1.165, 1.54) is 12.3 Å². The van der Waals surface area contributed by atoms with Gasteiger partial charge in [0.2, 0.25) is 0 Å². The van der Waals surface area contributed by atoms with Gasteiger partial charge in [0.05, 0.1) is 11.9 Å². The number of nitrogens with one attached hydrogen (secondary N) is 1. The molecule has 94 valence electrons. The Bertz CT molecular complexity index is 355. The maximum Gasteiger partial charge on any atom is 0.141 e. The molecule has 0 aromatic carbocycles. The highest BCUT2D eigenvalue weighted by atomic mass is 19.1. The first kappa shape index (κ1) is 12.5. The fourth-order valence-electron chi connectivity index (χ4n) is 2.24. The first-order valence-corrected chi connectivity index (χ1v) is 6.19. The molecule has 2 rings (SSSR count). The summed E-state index contributed by atoms with van der Waals surface area (Å²) in [6.07, 6.45) is 3.26. The largest absolute Gasteiger partial charge is 0.370 e. The second kappa shape index (κ2) is 5.56. The van der Waals surface area contributed by atoms with Crippen molar-refractivity contribution < 1.29 is 9.13 Å². The highest BCUT2D eigenvalue weighted by Gasteiger charge is 2.26. The third kappa shape index (κ3) is 3.01. The van der Waals surface area contributed by atoms with Crippen LogP contribution < -0.4 is 5.32 Å². The van der Waals surface area contributed by atoms with Gasteiger partial charge < -0.3 is 10.1 Å². The van der Waals surface area contributed by atoms with E-state index in [0.29, 0.717) is 6.04 Å². The van der Waals surface area contributed by atoms with Crippen LogP contribution in [0.3, 0.4) is 0 Å². The van der Waals surface area contributed by atoms with Crippen LogP contribution in [-0.4, -0.2) is 23.7 Å². The first-order valence-electron chi connectivity index (χ1n) is 6.19. The lowest BCUT2D eigenvalue weighted by atomic mass is 10.1. The van der Waals surface area contributed by atoms with Crippen LogP contribution >= 0.6 is 0 Å². The average Bonchev–Trinajstić information content (AvgIpc) is 2.52. The molecule has 0 spiro atoms. The van der Waals surface area contributed by atoms with Crippen LogP contribution in [-0.2, 0) is 4.74 Å². The summed E-state index contributed by atoms with van der Waals surface area (Å²) in [4.78, 5) is 4.10. The Morgan fingerprint density at radius 3 is 3.00 bits per heavy atom. The third-order valence-electron chi connectivity index (χ3n) is 3.25.